The number of carbonyl (C=O) groups excluding carboxylic acids is 7. The van der Waals surface area contributed by atoms with E-state index in [1.807, 2.05) is 0 Å². The number of likely N-dealkylation sites (tertiary alicyclic amines) is 1. The van der Waals surface area contributed by atoms with Crippen molar-refractivity contribution in [3.05, 3.63) is 11.8 Å². The molecule has 1 saturated heterocycles. The van der Waals surface area contributed by atoms with E-state index in [1.54, 1.807) is 0 Å². The predicted molar refractivity (Wildman–Crippen MR) is 126 cm³/mol. The first kappa shape index (κ1) is 32.9. The van der Waals surface area contributed by atoms with Crippen LogP contribution in [0.1, 0.15) is 48.5 Å². The van der Waals surface area contributed by atoms with Crippen LogP contribution in [0.3, 0.4) is 0 Å². The normalized spacial score (nSPS) is 20.5. The second kappa shape index (κ2) is 15.3. The molecule has 15 heteroatoms. The molecule has 0 spiro atoms. The summed E-state index contributed by atoms with van der Waals surface area (Å²) in [6, 6.07) is -1.44. The van der Waals surface area contributed by atoms with Gasteiger partial charge in [0.05, 0.1) is 13.2 Å². The van der Waals surface area contributed by atoms with E-state index >= 15 is 0 Å². The van der Waals surface area contributed by atoms with Gasteiger partial charge in [0.1, 0.15) is 12.6 Å². The number of ether oxygens (including phenoxy) is 7. The van der Waals surface area contributed by atoms with Crippen LogP contribution in [-0.2, 0) is 66.7 Å². The van der Waals surface area contributed by atoms with Gasteiger partial charge in [-0.3, -0.25) is 24.0 Å². The second-order valence-electron chi connectivity index (χ2n) is 8.02. The van der Waals surface area contributed by atoms with Gasteiger partial charge in [-0.05, 0) is 13.8 Å². The molecule has 1 aliphatic rings. The van der Waals surface area contributed by atoms with Gasteiger partial charge >= 0.3 is 41.8 Å². The van der Waals surface area contributed by atoms with Gasteiger partial charge in [0.15, 0.2) is 23.9 Å². The first-order valence-electron chi connectivity index (χ1n) is 11.9. The van der Waals surface area contributed by atoms with Crippen molar-refractivity contribution in [3.8, 4) is 0 Å². The van der Waals surface area contributed by atoms with E-state index in [1.165, 1.54) is 13.8 Å². The summed E-state index contributed by atoms with van der Waals surface area (Å²) < 4.78 is 36.4. The Morgan fingerprint density at radius 2 is 1.15 bits per heavy atom. The molecule has 0 bridgehead atoms. The fourth-order valence-corrected chi connectivity index (χ4v) is 3.74. The van der Waals surface area contributed by atoms with E-state index < -0.39 is 84.5 Å². The minimum atomic E-state index is -1.63. The Morgan fingerprint density at radius 3 is 1.56 bits per heavy atom. The van der Waals surface area contributed by atoms with Crippen LogP contribution >= 0.6 is 0 Å². The average molecular weight is 560 g/mol. The van der Waals surface area contributed by atoms with Crippen LogP contribution in [0.5, 0.6) is 0 Å². The quantitative estimate of drug-likeness (QED) is 0.101. The molecule has 0 aromatic heterocycles. The second-order valence-corrected chi connectivity index (χ2v) is 8.02. The largest absolute Gasteiger partial charge is 0.462 e. The minimum absolute atomic E-state index is 0.124. The molecule has 0 N–H and O–H groups in total. The smallest absolute Gasteiger partial charge is 0.347 e. The Labute approximate surface area is 224 Å². The summed E-state index contributed by atoms with van der Waals surface area (Å²) in [6.07, 6.45) is -5.29. The van der Waals surface area contributed by atoms with E-state index in [2.05, 4.69) is 0 Å². The molecule has 1 fully saturated rings. The third-order valence-electron chi connectivity index (χ3n) is 4.89. The van der Waals surface area contributed by atoms with Crippen LogP contribution in [0, 0.1) is 0 Å². The van der Waals surface area contributed by atoms with Crippen molar-refractivity contribution in [2.75, 3.05) is 19.8 Å². The number of carbonyl (C=O) groups is 7. The van der Waals surface area contributed by atoms with Gasteiger partial charge < -0.3 is 38.1 Å². The maximum atomic E-state index is 12.7. The Kier molecular flexibility index (Phi) is 12.9. The van der Waals surface area contributed by atoms with Gasteiger partial charge in [-0.25, -0.2) is 9.59 Å². The zero-order valence-electron chi connectivity index (χ0n) is 22.7. The van der Waals surface area contributed by atoms with Gasteiger partial charge in [0.2, 0.25) is 6.23 Å². The molecule has 0 aliphatic carbocycles. The van der Waals surface area contributed by atoms with Crippen LogP contribution in [0.2, 0.25) is 0 Å². The standard InChI is InChI=1S/C24H33NO14/c1-8-33-23(31)17(24(32)34-9-2)10-25-19(18(36-13(4)27)11-35-12(3)26)20(37-14(5)28)21(38-15(6)29)22(25)39-16(7)30/h10,18-22H,8-9,11H2,1-7H3/t18-,19+,20+,21-,22+/m1/s1. The van der Waals surface area contributed by atoms with Crippen molar-refractivity contribution in [1.29, 1.82) is 0 Å². The van der Waals surface area contributed by atoms with Gasteiger partial charge in [0.25, 0.3) is 0 Å². The topological polar surface area (TPSA) is 187 Å². The Balaban J connectivity index is 3.99. The molecular formula is C24H33NO14. The highest BCUT2D eigenvalue weighted by atomic mass is 16.6. The summed E-state index contributed by atoms with van der Waals surface area (Å²) >= 11 is 0. The van der Waals surface area contributed by atoms with Crippen molar-refractivity contribution in [1.82, 2.24) is 4.90 Å². The summed E-state index contributed by atoms with van der Waals surface area (Å²) in [6.45, 7) is 7.37. The molecule has 218 valence electrons. The van der Waals surface area contributed by atoms with Crippen LogP contribution < -0.4 is 0 Å². The maximum Gasteiger partial charge on any atom is 0.347 e. The summed E-state index contributed by atoms with van der Waals surface area (Å²) in [5.41, 5.74) is -0.681. The third-order valence-corrected chi connectivity index (χ3v) is 4.89. The fourth-order valence-electron chi connectivity index (χ4n) is 3.74. The van der Waals surface area contributed by atoms with Crippen LogP contribution in [0.15, 0.2) is 11.8 Å². The Morgan fingerprint density at radius 1 is 0.667 bits per heavy atom. The Hall–Kier alpha value is -4.17. The fraction of sp³-hybridized carbons (Fsp3) is 0.625. The monoisotopic (exact) mass is 559 g/mol. The minimum Gasteiger partial charge on any atom is -0.462 e. The lowest BCUT2D eigenvalue weighted by molar-refractivity contribution is -0.178. The molecular weight excluding hydrogens is 526 g/mol. The van der Waals surface area contributed by atoms with E-state index in [0.29, 0.717) is 0 Å². The van der Waals surface area contributed by atoms with Gasteiger partial charge in [-0.15, -0.1) is 0 Å². The summed E-state index contributed by atoms with van der Waals surface area (Å²) in [5.74, 6) is -6.51. The van der Waals surface area contributed by atoms with E-state index in [4.69, 9.17) is 33.2 Å². The molecule has 39 heavy (non-hydrogen) atoms. The van der Waals surface area contributed by atoms with Crippen molar-refractivity contribution >= 4 is 41.8 Å². The van der Waals surface area contributed by atoms with Gasteiger partial charge in [0, 0.05) is 40.8 Å². The average Bonchev–Trinajstić information content (AvgIpc) is 3.05. The lowest BCUT2D eigenvalue weighted by Crippen LogP contribution is -2.50. The molecule has 1 heterocycles. The van der Waals surface area contributed by atoms with E-state index in [-0.39, 0.29) is 13.2 Å². The van der Waals surface area contributed by atoms with Crippen LogP contribution in [-0.4, -0.2) is 97.1 Å². The highest BCUT2D eigenvalue weighted by Gasteiger charge is 2.58. The zero-order chi connectivity index (χ0) is 29.9. The third kappa shape index (κ3) is 9.90. The number of rotatable bonds is 12. The molecule has 1 aliphatic heterocycles. The molecule has 0 aromatic rings. The van der Waals surface area contributed by atoms with Crippen LogP contribution in [0.25, 0.3) is 0 Å². The van der Waals surface area contributed by atoms with Gasteiger partial charge in [-0.2, -0.15) is 0 Å². The molecule has 0 unspecified atom stereocenters. The predicted octanol–water partition coefficient (Wildman–Crippen LogP) is -0.0719. The highest BCUT2D eigenvalue weighted by Crippen LogP contribution is 2.35. The number of esters is 7. The number of nitrogens with zero attached hydrogens (tertiary/aromatic N) is 1. The van der Waals surface area contributed by atoms with Gasteiger partial charge in [-0.1, -0.05) is 0 Å². The number of hydrogen-bond acceptors (Lipinski definition) is 15. The molecule has 1 rings (SSSR count). The molecule has 0 saturated carbocycles. The Bertz CT molecular complexity index is 969. The van der Waals surface area contributed by atoms with Crippen molar-refractivity contribution < 1.29 is 66.7 Å². The molecule has 5 atom stereocenters. The molecule has 15 nitrogen and oxygen atoms in total. The molecule has 0 amide bonds. The van der Waals surface area contributed by atoms with Crippen molar-refractivity contribution in [2.45, 2.75) is 79.0 Å². The first-order valence-corrected chi connectivity index (χ1v) is 11.9. The zero-order valence-corrected chi connectivity index (χ0v) is 22.7. The highest BCUT2D eigenvalue weighted by molar-refractivity contribution is 6.14. The SMILES string of the molecule is CCOC(=O)C(=CN1[C@@H]([C@@H](COC(C)=O)OC(C)=O)[C@H](OC(C)=O)[C@@H](OC(C)=O)[C@@H]1OC(C)=O)C(=O)OCC. The van der Waals surface area contributed by atoms with Crippen molar-refractivity contribution in [3.63, 3.8) is 0 Å². The summed E-state index contributed by atoms with van der Waals surface area (Å²) in [5, 5.41) is 0. The van der Waals surface area contributed by atoms with E-state index in [0.717, 1.165) is 45.7 Å². The molecule has 0 aromatic carbocycles. The first-order chi connectivity index (χ1) is 18.2. The van der Waals surface area contributed by atoms with E-state index in [9.17, 15) is 33.6 Å². The summed E-state index contributed by atoms with van der Waals surface area (Å²) in [7, 11) is 0. The van der Waals surface area contributed by atoms with Crippen LogP contribution in [0.4, 0.5) is 0 Å². The van der Waals surface area contributed by atoms with Crippen molar-refractivity contribution in [2.24, 2.45) is 0 Å². The summed E-state index contributed by atoms with van der Waals surface area (Å²) in [4.78, 5) is 86.2. The maximum absolute atomic E-state index is 12.7. The lowest BCUT2D eigenvalue weighted by atomic mass is 10.0. The lowest BCUT2D eigenvalue weighted by Gasteiger charge is -2.33. The number of hydrogen-bond donors (Lipinski definition) is 0. The molecule has 0 radical (unpaired) electrons.